The van der Waals surface area contributed by atoms with Crippen LogP contribution in [0.2, 0.25) is 0 Å². The molecule has 2 saturated heterocycles. The minimum atomic E-state index is 0.0209. The van der Waals surface area contributed by atoms with Crippen LogP contribution in [-0.4, -0.2) is 42.9 Å². The van der Waals surface area contributed by atoms with Crippen LogP contribution in [0.1, 0.15) is 88.6 Å². The monoisotopic (exact) mass is 517 g/mol. The molecule has 0 spiro atoms. The van der Waals surface area contributed by atoms with E-state index in [4.69, 9.17) is 0 Å². The summed E-state index contributed by atoms with van der Waals surface area (Å²) in [6.45, 7) is 12.3. The molecule has 1 unspecified atom stereocenters. The number of nitrogens with zero attached hydrogens (tertiary/aromatic N) is 2. The molecule has 2 heterocycles. The largest absolute Gasteiger partial charge is 0.371 e. The second kappa shape index (κ2) is 12.8. The van der Waals surface area contributed by atoms with Crippen LogP contribution in [-0.2, 0) is 11.2 Å². The normalized spacial score (nSPS) is 17.8. The standard InChI is InChI=1S/C33H47N3O2/c1-25(24-33(2,3)4)21-31(37)34-28-13-14-30(29(23-28)32(38)36-17-9-6-10-18-36)35-19-15-27(16-20-35)22-26-11-7-5-8-12-26/h5,7-8,11-14,23,25,27H,6,9-10,15-22,24H2,1-4H3,(H,34,37). The van der Waals surface area contributed by atoms with Gasteiger partial charge in [0.1, 0.15) is 0 Å². The third-order valence-corrected chi connectivity index (χ3v) is 7.97. The quantitative estimate of drug-likeness (QED) is 0.404. The van der Waals surface area contributed by atoms with E-state index in [1.807, 2.05) is 17.0 Å². The van der Waals surface area contributed by atoms with Gasteiger partial charge in [-0.05, 0) is 86.0 Å². The molecule has 5 heteroatoms. The van der Waals surface area contributed by atoms with E-state index in [1.54, 1.807) is 0 Å². The zero-order chi connectivity index (χ0) is 27.1. The third-order valence-electron chi connectivity index (χ3n) is 7.97. The fourth-order valence-electron chi connectivity index (χ4n) is 6.30. The molecule has 2 aromatic carbocycles. The molecule has 4 rings (SSSR count). The number of anilines is 2. The van der Waals surface area contributed by atoms with E-state index in [9.17, 15) is 9.59 Å². The number of benzene rings is 2. The minimum absolute atomic E-state index is 0.0209. The second-order valence-corrected chi connectivity index (χ2v) is 12.8. The minimum Gasteiger partial charge on any atom is -0.371 e. The van der Waals surface area contributed by atoms with Crippen molar-refractivity contribution in [2.45, 2.75) is 79.1 Å². The van der Waals surface area contributed by atoms with E-state index in [-0.39, 0.29) is 17.2 Å². The molecule has 2 fully saturated rings. The Labute approximate surface area is 230 Å². The summed E-state index contributed by atoms with van der Waals surface area (Å²) in [4.78, 5) is 31.0. The number of carbonyl (C=O) groups excluding carboxylic acids is 2. The average molecular weight is 518 g/mol. The molecule has 206 valence electrons. The van der Waals surface area contributed by atoms with E-state index >= 15 is 0 Å². The van der Waals surface area contributed by atoms with Crippen molar-refractivity contribution >= 4 is 23.2 Å². The smallest absolute Gasteiger partial charge is 0.256 e. The number of carbonyl (C=O) groups is 2. The van der Waals surface area contributed by atoms with Crippen LogP contribution < -0.4 is 10.2 Å². The van der Waals surface area contributed by atoms with E-state index in [2.05, 4.69) is 74.3 Å². The van der Waals surface area contributed by atoms with Crippen molar-refractivity contribution in [2.75, 3.05) is 36.4 Å². The van der Waals surface area contributed by atoms with Crippen LogP contribution in [0.5, 0.6) is 0 Å². The van der Waals surface area contributed by atoms with Crippen LogP contribution in [0.4, 0.5) is 11.4 Å². The molecule has 2 amide bonds. The van der Waals surface area contributed by atoms with Gasteiger partial charge < -0.3 is 15.1 Å². The topological polar surface area (TPSA) is 52.7 Å². The molecule has 5 nitrogen and oxygen atoms in total. The molecule has 2 aliphatic heterocycles. The zero-order valence-electron chi connectivity index (χ0n) is 24.0. The van der Waals surface area contributed by atoms with Gasteiger partial charge in [0, 0.05) is 44.0 Å². The highest BCUT2D eigenvalue weighted by molar-refractivity contribution is 6.02. The number of piperidine rings is 2. The van der Waals surface area contributed by atoms with Crippen LogP contribution >= 0.6 is 0 Å². The molecule has 1 N–H and O–H groups in total. The third kappa shape index (κ3) is 8.09. The van der Waals surface area contributed by atoms with Gasteiger partial charge in [0.15, 0.2) is 0 Å². The SMILES string of the molecule is CC(CC(=O)Nc1ccc(N2CCC(Cc3ccccc3)CC2)c(C(=O)N2CCCCC2)c1)CC(C)(C)C. The summed E-state index contributed by atoms with van der Waals surface area (Å²) in [6.07, 6.45) is 8.16. The first-order valence-corrected chi connectivity index (χ1v) is 14.7. The molecule has 38 heavy (non-hydrogen) atoms. The Morgan fingerprint density at radius 1 is 0.947 bits per heavy atom. The highest BCUT2D eigenvalue weighted by Crippen LogP contribution is 2.32. The molecular weight excluding hydrogens is 470 g/mol. The zero-order valence-corrected chi connectivity index (χ0v) is 24.0. The van der Waals surface area contributed by atoms with Gasteiger partial charge in [0.2, 0.25) is 5.91 Å². The molecule has 0 saturated carbocycles. The van der Waals surface area contributed by atoms with Gasteiger partial charge in [-0.25, -0.2) is 0 Å². The first-order chi connectivity index (χ1) is 18.2. The van der Waals surface area contributed by atoms with E-state index in [1.165, 1.54) is 12.0 Å². The maximum atomic E-state index is 13.7. The Hall–Kier alpha value is -2.82. The van der Waals surface area contributed by atoms with Gasteiger partial charge in [0.05, 0.1) is 5.56 Å². The highest BCUT2D eigenvalue weighted by atomic mass is 16.2. The van der Waals surface area contributed by atoms with Crippen molar-refractivity contribution in [3.63, 3.8) is 0 Å². The predicted octanol–water partition coefficient (Wildman–Crippen LogP) is 7.17. The number of likely N-dealkylation sites (tertiary alicyclic amines) is 1. The molecule has 0 aliphatic carbocycles. The van der Waals surface area contributed by atoms with Crippen LogP contribution in [0.25, 0.3) is 0 Å². The lowest BCUT2D eigenvalue weighted by Crippen LogP contribution is -2.39. The number of hydrogen-bond donors (Lipinski definition) is 1. The lowest BCUT2D eigenvalue weighted by Gasteiger charge is -2.36. The van der Waals surface area contributed by atoms with Gasteiger partial charge in [0.25, 0.3) is 5.91 Å². The fraction of sp³-hybridized carbons (Fsp3) is 0.576. The first kappa shape index (κ1) is 28.2. The number of amides is 2. The fourth-order valence-corrected chi connectivity index (χ4v) is 6.30. The summed E-state index contributed by atoms with van der Waals surface area (Å²) in [7, 11) is 0. The van der Waals surface area contributed by atoms with Crippen molar-refractivity contribution in [1.82, 2.24) is 4.90 Å². The van der Waals surface area contributed by atoms with Gasteiger partial charge in [-0.2, -0.15) is 0 Å². The summed E-state index contributed by atoms with van der Waals surface area (Å²) >= 11 is 0. The molecular formula is C33H47N3O2. The van der Waals surface area contributed by atoms with Gasteiger partial charge in [-0.15, -0.1) is 0 Å². The van der Waals surface area contributed by atoms with E-state index in [0.717, 1.165) is 81.6 Å². The van der Waals surface area contributed by atoms with Crippen LogP contribution in [0, 0.1) is 17.3 Å². The Morgan fingerprint density at radius 2 is 1.63 bits per heavy atom. The maximum absolute atomic E-state index is 13.7. The lowest BCUT2D eigenvalue weighted by molar-refractivity contribution is -0.117. The summed E-state index contributed by atoms with van der Waals surface area (Å²) in [6, 6.07) is 16.7. The predicted molar refractivity (Wildman–Crippen MR) is 158 cm³/mol. The average Bonchev–Trinajstić information content (AvgIpc) is 2.88. The maximum Gasteiger partial charge on any atom is 0.256 e. The molecule has 2 aromatic rings. The first-order valence-electron chi connectivity index (χ1n) is 14.7. The number of hydrogen-bond acceptors (Lipinski definition) is 3. The Kier molecular flexibility index (Phi) is 9.51. The van der Waals surface area contributed by atoms with E-state index < -0.39 is 0 Å². The van der Waals surface area contributed by atoms with Crippen molar-refractivity contribution < 1.29 is 9.59 Å². The van der Waals surface area contributed by atoms with E-state index in [0.29, 0.717) is 18.3 Å². The molecule has 0 radical (unpaired) electrons. The van der Waals surface area contributed by atoms with Gasteiger partial charge in [-0.3, -0.25) is 9.59 Å². The molecule has 0 aromatic heterocycles. The summed E-state index contributed by atoms with van der Waals surface area (Å²) in [5, 5.41) is 3.09. The van der Waals surface area contributed by atoms with Gasteiger partial charge >= 0.3 is 0 Å². The summed E-state index contributed by atoms with van der Waals surface area (Å²) in [5.41, 5.74) is 4.07. The summed E-state index contributed by atoms with van der Waals surface area (Å²) < 4.78 is 0. The lowest BCUT2D eigenvalue weighted by atomic mass is 9.84. The second-order valence-electron chi connectivity index (χ2n) is 12.8. The number of rotatable bonds is 8. The van der Waals surface area contributed by atoms with Crippen molar-refractivity contribution in [1.29, 1.82) is 0 Å². The van der Waals surface area contributed by atoms with Gasteiger partial charge in [-0.1, -0.05) is 58.0 Å². The summed E-state index contributed by atoms with van der Waals surface area (Å²) in [5.74, 6) is 1.10. The molecule has 0 bridgehead atoms. The van der Waals surface area contributed by atoms with Crippen LogP contribution in [0.15, 0.2) is 48.5 Å². The molecule has 1 atom stereocenters. The van der Waals surface area contributed by atoms with Crippen molar-refractivity contribution in [3.8, 4) is 0 Å². The Balaban J connectivity index is 1.46. The van der Waals surface area contributed by atoms with Crippen LogP contribution in [0.3, 0.4) is 0 Å². The van der Waals surface area contributed by atoms with Crippen molar-refractivity contribution in [2.24, 2.45) is 17.3 Å². The molecule has 2 aliphatic rings. The Morgan fingerprint density at radius 3 is 2.29 bits per heavy atom. The highest BCUT2D eigenvalue weighted by Gasteiger charge is 2.27. The Bertz CT molecular complexity index is 1060. The number of nitrogens with one attached hydrogen (secondary N) is 1. The van der Waals surface area contributed by atoms with Crippen molar-refractivity contribution in [3.05, 3.63) is 59.7 Å².